The van der Waals surface area contributed by atoms with Gasteiger partial charge in [-0.2, -0.15) is 0 Å². The molecule has 100 valence electrons. The molecular formula is C12H26N2O2Si. The fourth-order valence-corrected chi connectivity index (χ4v) is 2.55. The maximum atomic E-state index is 11.5. The molecule has 5 heteroatoms. The van der Waals surface area contributed by atoms with E-state index in [0.717, 1.165) is 19.5 Å². The summed E-state index contributed by atoms with van der Waals surface area (Å²) in [5, 5.41) is 3.09. The number of carbonyl (C=O) groups is 1. The summed E-state index contributed by atoms with van der Waals surface area (Å²) in [6.07, 6.45) is 1.03. The first-order chi connectivity index (χ1) is 7.74. The lowest BCUT2D eigenvalue weighted by Gasteiger charge is -2.37. The van der Waals surface area contributed by atoms with Gasteiger partial charge in [0.15, 0.2) is 8.32 Å². The lowest BCUT2D eigenvalue weighted by molar-refractivity contribution is 0.167. The zero-order valence-corrected chi connectivity index (χ0v) is 12.8. The molecule has 1 fully saturated rings. The quantitative estimate of drug-likeness (QED) is 0.787. The summed E-state index contributed by atoms with van der Waals surface area (Å²) in [5.41, 5.74) is 0. The normalized spacial score (nSPS) is 18.2. The van der Waals surface area contributed by atoms with Crippen LogP contribution >= 0.6 is 0 Å². The second-order valence-electron chi connectivity index (χ2n) is 6.18. The van der Waals surface area contributed by atoms with Crippen molar-refractivity contribution in [3.8, 4) is 0 Å². The number of carbonyl (C=O) groups excluding carboxylic acids is 1. The van der Waals surface area contributed by atoms with E-state index in [4.69, 9.17) is 4.43 Å². The van der Waals surface area contributed by atoms with Crippen LogP contribution in [-0.4, -0.2) is 45.5 Å². The molecule has 0 aromatic heterocycles. The van der Waals surface area contributed by atoms with Gasteiger partial charge in [0, 0.05) is 19.6 Å². The smallest absolute Gasteiger partial charge is 0.317 e. The first-order valence-electron chi connectivity index (χ1n) is 6.41. The van der Waals surface area contributed by atoms with Crippen LogP contribution in [0.5, 0.6) is 0 Å². The summed E-state index contributed by atoms with van der Waals surface area (Å²) < 4.78 is 6.06. The van der Waals surface area contributed by atoms with Crippen molar-refractivity contribution < 1.29 is 9.22 Å². The third-order valence-corrected chi connectivity index (χ3v) is 8.34. The molecule has 0 aliphatic carbocycles. The highest BCUT2D eigenvalue weighted by Crippen LogP contribution is 2.36. The van der Waals surface area contributed by atoms with Crippen molar-refractivity contribution in [2.45, 2.75) is 45.3 Å². The van der Waals surface area contributed by atoms with E-state index in [2.05, 4.69) is 39.2 Å². The number of hydrogen-bond acceptors (Lipinski definition) is 2. The molecule has 2 amide bonds. The molecule has 0 unspecified atom stereocenters. The van der Waals surface area contributed by atoms with Crippen LogP contribution in [0, 0.1) is 0 Å². The highest BCUT2D eigenvalue weighted by Gasteiger charge is 2.37. The van der Waals surface area contributed by atoms with Gasteiger partial charge in [-0.3, -0.25) is 0 Å². The van der Waals surface area contributed by atoms with Crippen molar-refractivity contribution in [3.05, 3.63) is 0 Å². The Morgan fingerprint density at radius 3 is 2.59 bits per heavy atom. The van der Waals surface area contributed by atoms with Crippen molar-refractivity contribution in [1.82, 2.24) is 10.2 Å². The molecule has 4 nitrogen and oxygen atoms in total. The molecule has 0 radical (unpaired) electrons. The van der Waals surface area contributed by atoms with Gasteiger partial charge in [0.2, 0.25) is 0 Å². The van der Waals surface area contributed by atoms with Crippen LogP contribution in [0.2, 0.25) is 18.1 Å². The Morgan fingerprint density at radius 2 is 2.06 bits per heavy atom. The summed E-state index contributed by atoms with van der Waals surface area (Å²) in [7, 11) is -1.67. The Labute approximate surface area is 106 Å². The van der Waals surface area contributed by atoms with Gasteiger partial charge in [0.05, 0.1) is 6.61 Å². The fraction of sp³-hybridized carbons (Fsp3) is 0.917. The van der Waals surface area contributed by atoms with Gasteiger partial charge >= 0.3 is 6.03 Å². The maximum absolute atomic E-state index is 11.5. The van der Waals surface area contributed by atoms with E-state index in [1.165, 1.54) is 0 Å². The molecule has 1 aliphatic rings. The highest BCUT2D eigenvalue weighted by molar-refractivity contribution is 6.74. The van der Waals surface area contributed by atoms with Gasteiger partial charge in [-0.1, -0.05) is 20.8 Å². The molecule has 0 saturated carbocycles. The van der Waals surface area contributed by atoms with Gasteiger partial charge in [0.25, 0.3) is 0 Å². The second kappa shape index (κ2) is 5.39. The van der Waals surface area contributed by atoms with Crippen LogP contribution in [0.3, 0.4) is 0 Å². The van der Waals surface area contributed by atoms with Gasteiger partial charge in [0.1, 0.15) is 0 Å². The zero-order valence-electron chi connectivity index (χ0n) is 11.8. The number of rotatable bonds is 4. The van der Waals surface area contributed by atoms with Gasteiger partial charge < -0.3 is 14.6 Å². The molecule has 0 atom stereocenters. The third kappa shape index (κ3) is 3.99. The molecule has 1 heterocycles. The van der Waals surface area contributed by atoms with Crippen molar-refractivity contribution >= 4 is 14.3 Å². The fourth-order valence-electron chi connectivity index (χ4n) is 1.52. The van der Waals surface area contributed by atoms with E-state index in [0.29, 0.717) is 13.2 Å². The Hall–Kier alpha value is -0.553. The molecule has 0 aromatic rings. The van der Waals surface area contributed by atoms with Crippen LogP contribution in [0.15, 0.2) is 0 Å². The van der Waals surface area contributed by atoms with E-state index in [-0.39, 0.29) is 11.1 Å². The van der Waals surface area contributed by atoms with Gasteiger partial charge in [-0.05, 0) is 24.6 Å². The summed E-state index contributed by atoms with van der Waals surface area (Å²) in [5.74, 6) is 0. The van der Waals surface area contributed by atoms with Gasteiger partial charge in [-0.15, -0.1) is 0 Å². The molecule has 0 aromatic carbocycles. The van der Waals surface area contributed by atoms with Crippen LogP contribution < -0.4 is 5.32 Å². The van der Waals surface area contributed by atoms with Crippen molar-refractivity contribution in [1.29, 1.82) is 0 Å². The summed E-state index contributed by atoms with van der Waals surface area (Å²) in [6.45, 7) is 14.2. The highest BCUT2D eigenvalue weighted by atomic mass is 28.4. The van der Waals surface area contributed by atoms with Crippen LogP contribution in [0.25, 0.3) is 0 Å². The summed E-state index contributed by atoms with van der Waals surface area (Å²) >= 11 is 0. The predicted molar refractivity (Wildman–Crippen MR) is 72.7 cm³/mol. The molecular weight excluding hydrogens is 232 g/mol. The van der Waals surface area contributed by atoms with Crippen molar-refractivity contribution in [2.75, 3.05) is 26.2 Å². The van der Waals surface area contributed by atoms with E-state index in [1.807, 2.05) is 4.90 Å². The minimum atomic E-state index is -1.67. The molecule has 17 heavy (non-hydrogen) atoms. The Morgan fingerprint density at radius 1 is 1.41 bits per heavy atom. The topological polar surface area (TPSA) is 41.6 Å². The number of nitrogens with zero attached hydrogens (tertiary/aromatic N) is 1. The SMILES string of the molecule is CC(C)(C)[Si](C)(C)OCCN1CCCNC1=O. The van der Waals surface area contributed by atoms with E-state index in [9.17, 15) is 4.79 Å². The molecule has 1 rings (SSSR count). The lowest BCUT2D eigenvalue weighted by Crippen LogP contribution is -2.49. The van der Waals surface area contributed by atoms with E-state index < -0.39 is 8.32 Å². The van der Waals surface area contributed by atoms with E-state index >= 15 is 0 Å². The largest absolute Gasteiger partial charge is 0.415 e. The molecule has 1 saturated heterocycles. The average Bonchev–Trinajstić information content (AvgIpc) is 2.19. The zero-order chi connectivity index (χ0) is 13.1. The van der Waals surface area contributed by atoms with Crippen molar-refractivity contribution in [3.63, 3.8) is 0 Å². The third-order valence-electron chi connectivity index (χ3n) is 3.80. The van der Waals surface area contributed by atoms with Crippen LogP contribution in [0.4, 0.5) is 4.79 Å². The number of nitrogens with one attached hydrogen (secondary N) is 1. The Balaban J connectivity index is 2.34. The van der Waals surface area contributed by atoms with Crippen LogP contribution in [0.1, 0.15) is 27.2 Å². The Bertz CT molecular complexity index is 274. The molecule has 1 aliphatic heterocycles. The number of hydrogen-bond donors (Lipinski definition) is 1. The lowest BCUT2D eigenvalue weighted by atomic mass is 10.2. The number of amides is 2. The maximum Gasteiger partial charge on any atom is 0.317 e. The number of urea groups is 1. The standard InChI is InChI=1S/C12H26N2O2Si/c1-12(2,3)17(4,5)16-10-9-14-8-6-7-13-11(14)15/h6-10H2,1-5H3,(H,13,15). The second-order valence-corrected chi connectivity index (χ2v) is 11.0. The Kier molecular flexibility index (Phi) is 4.60. The van der Waals surface area contributed by atoms with E-state index in [1.54, 1.807) is 0 Å². The predicted octanol–water partition coefficient (Wildman–Crippen LogP) is 2.42. The first-order valence-corrected chi connectivity index (χ1v) is 9.31. The minimum Gasteiger partial charge on any atom is -0.415 e. The molecule has 0 spiro atoms. The first kappa shape index (κ1) is 14.5. The average molecular weight is 258 g/mol. The summed E-state index contributed by atoms with van der Waals surface area (Å²) in [4.78, 5) is 13.4. The van der Waals surface area contributed by atoms with Crippen molar-refractivity contribution in [2.24, 2.45) is 0 Å². The van der Waals surface area contributed by atoms with Gasteiger partial charge in [-0.25, -0.2) is 4.79 Å². The molecule has 0 bridgehead atoms. The summed E-state index contributed by atoms with van der Waals surface area (Å²) in [6, 6.07) is 0.0510. The molecule has 1 N–H and O–H groups in total. The van der Waals surface area contributed by atoms with Crippen LogP contribution in [-0.2, 0) is 4.43 Å². The monoisotopic (exact) mass is 258 g/mol. The minimum absolute atomic E-state index is 0.0510.